The number of rotatable bonds is 10. The maximum Gasteiger partial charge on any atom is 0.245 e. The summed E-state index contributed by atoms with van der Waals surface area (Å²) in [6.07, 6.45) is 3.65. The maximum atomic E-state index is 13.8. The fraction of sp³-hybridized carbons (Fsp3) is 0.870. The second-order valence-electron chi connectivity index (χ2n) is 9.63. The fourth-order valence-corrected chi connectivity index (χ4v) is 6.03. The molecule has 31 heavy (non-hydrogen) atoms. The number of hydrogen-bond donors (Lipinski definition) is 3. The van der Waals surface area contributed by atoms with Gasteiger partial charge in [-0.2, -0.15) is 0 Å². The van der Waals surface area contributed by atoms with Crippen LogP contribution in [0, 0.1) is 17.8 Å². The number of unbranched alkanes of at least 4 members (excludes halogenated alkanes) is 1. The van der Waals surface area contributed by atoms with Crippen LogP contribution in [0.1, 0.15) is 66.7 Å². The van der Waals surface area contributed by atoms with Crippen molar-refractivity contribution in [2.24, 2.45) is 17.8 Å². The second-order valence-corrected chi connectivity index (χ2v) is 9.63. The van der Waals surface area contributed by atoms with Gasteiger partial charge in [-0.05, 0) is 38.5 Å². The van der Waals surface area contributed by atoms with Gasteiger partial charge in [0, 0.05) is 13.1 Å². The molecule has 0 radical (unpaired) electrons. The van der Waals surface area contributed by atoms with Crippen LogP contribution >= 0.6 is 0 Å². The Morgan fingerprint density at radius 1 is 1.19 bits per heavy atom. The lowest BCUT2D eigenvalue weighted by molar-refractivity contribution is -0.151. The number of nitrogens with one attached hydrogen (secondary N) is 2. The highest BCUT2D eigenvalue weighted by Crippen LogP contribution is 2.65. The highest BCUT2D eigenvalue weighted by Gasteiger charge is 2.80. The topological polar surface area (TPSA) is 108 Å². The number of aliphatic hydroxyl groups is 1. The minimum absolute atomic E-state index is 0.0222. The number of likely N-dealkylation sites (tertiary alicyclic amines) is 1. The predicted octanol–water partition coefficient (Wildman–Crippen LogP) is 1.21. The van der Waals surface area contributed by atoms with E-state index in [0.29, 0.717) is 25.9 Å². The lowest BCUT2D eigenvalue weighted by Gasteiger charge is -2.36. The Morgan fingerprint density at radius 2 is 1.87 bits per heavy atom. The highest BCUT2D eigenvalue weighted by atomic mass is 16.5. The Labute approximate surface area is 185 Å². The maximum absolute atomic E-state index is 13.8. The number of aliphatic hydroxyl groups excluding tert-OH is 1. The smallest absolute Gasteiger partial charge is 0.245 e. The van der Waals surface area contributed by atoms with Crippen LogP contribution in [-0.4, -0.2) is 70.7 Å². The molecular weight excluding hydrogens is 398 g/mol. The van der Waals surface area contributed by atoms with Gasteiger partial charge in [0.05, 0.1) is 30.1 Å². The summed E-state index contributed by atoms with van der Waals surface area (Å²) < 4.78 is 6.61. The fourth-order valence-electron chi connectivity index (χ4n) is 6.03. The SMILES string of the molecule is CCCCNC(=O)C1N([C@@H](CC)CO)C(=O)[C@@H]2[C@H](C(=O)NCCC)[C@@]3(C)OC12CC3C. The molecule has 0 saturated carbocycles. The van der Waals surface area contributed by atoms with Crippen LogP contribution in [-0.2, 0) is 19.1 Å². The lowest BCUT2D eigenvalue weighted by atomic mass is 9.62. The molecular formula is C23H39N3O5. The Kier molecular flexibility index (Phi) is 7.01. The van der Waals surface area contributed by atoms with Crippen LogP contribution in [0.2, 0.25) is 0 Å². The van der Waals surface area contributed by atoms with Crippen molar-refractivity contribution >= 4 is 17.7 Å². The van der Waals surface area contributed by atoms with Crippen LogP contribution in [0.5, 0.6) is 0 Å². The molecule has 1 spiro atoms. The third-order valence-corrected chi connectivity index (χ3v) is 7.74. The molecule has 7 atom stereocenters. The van der Waals surface area contributed by atoms with E-state index in [4.69, 9.17) is 4.74 Å². The molecule has 2 bridgehead atoms. The molecule has 0 aromatic heterocycles. The Morgan fingerprint density at radius 3 is 2.45 bits per heavy atom. The summed E-state index contributed by atoms with van der Waals surface area (Å²) >= 11 is 0. The summed E-state index contributed by atoms with van der Waals surface area (Å²) in [4.78, 5) is 42.0. The van der Waals surface area contributed by atoms with Crippen molar-refractivity contribution in [3.63, 3.8) is 0 Å². The molecule has 0 aromatic rings. The van der Waals surface area contributed by atoms with Gasteiger partial charge in [0.2, 0.25) is 17.7 Å². The predicted molar refractivity (Wildman–Crippen MR) is 116 cm³/mol. The summed E-state index contributed by atoms with van der Waals surface area (Å²) in [6, 6.07) is -1.33. The van der Waals surface area contributed by atoms with E-state index in [1.54, 1.807) is 0 Å². The van der Waals surface area contributed by atoms with E-state index >= 15 is 0 Å². The van der Waals surface area contributed by atoms with E-state index < -0.39 is 35.1 Å². The van der Waals surface area contributed by atoms with Crippen LogP contribution in [0.3, 0.4) is 0 Å². The van der Waals surface area contributed by atoms with Gasteiger partial charge >= 0.3 is 0 Å². The van der Waals surface area contributed by atoms with Crippen molar-refractivity contribution in [2.45, 2.75) is 90.0 Å². The first-order valence-electron chi connectivity index (χ1n) is 11.9. The Bertz CT molecular complexity index is 711. The summed E-state index contributed by atoms with van der Waals surface area (Å²) in [7, 11) is 0. The Hall–Kier alpha value is -1.67. The summed E-state index contributed by atoms with van der Waals surface area (Å²) in [5, 5.41) is 15.9. The number of carbonyl (C=O) groups is 3. The van der Waals surface area contributed by atoms with Crippen molar-refractivity contribution < 1.29 is 24.2 Å². The lowest BCUT2D eigenvalue weighted by Crippen LogP contribution is -2.58. The van der Waals surface area contributed by atoms with Gasteiger partial charge in [-0.3, -0.25) is 14.4 Å². The minimum atomic E-state index is -1.04. The van der Waals surface area contributed by atoms with Crippen LogP contribution < -0.4 is 10.6 Å². The molecule has 3 amide bonds. The van der Waals surface area contributed by atoms with Gasteiger partial charge in [0.15, 0.2) is 0 Å². The van der Waals surface area contributed by atoms with E-state index in [1.807, 2.05) is 27.7 Å². The number of nitrogens with zero attached hydrogens (tertiary/aromatic N) is 1. The average molecular weight is 438 g/mol. The molecule has 3 N–H and O–H groups in total. The van der Waals surface area contributed by atoms with Crippen molar-refractivity contribution in [1.29, 1.82) is 0 Å². The van der Waals surface area contributed by atoms with E-state index in [1.165, 1.54) is 4.90 Å². The van der Waals surface area contributed by atoms with Gasteiger partial charge < -0.3 is 25.4 Å². The van der Waals surface area contributed by atoms with Crippen molar-refractivity contribution in [2.75, 3.05) is 19.7 Å². The summed E-state index contributed by atoms with van der Waals surface area (Å²) in [5.74, 6) is -2.02. The molecule has 176 valence electrons. The zero-order valence-corrected chi connectivity index (χ0v) is 19.6. The number of hydrogen-bond acceptors (Lipinski definition) is 5. The van der Waals surface area contributed by atoms with Crippen LogP contribution in [0.25, 0.3) is 0 Å². The molecule has 3 aliphatic rings. The molecule has 0 aromatic carbocycles. The number of fused-ring (bicyclic) bond motifs is 1. The Balaban J connectivity index is 2.05. The number of carbonyl (C=O) groups excluding carboxylic acids is 3. The van der Waals surface area contributed by atoms with Gasteiger partial charge in [-0.15, -0.1) is 0 Å². The number of ether oxygens (including phenoxy) is 1. The molecule has 3 rings (SSSR count). The first-order chi connectivity index (χ1) is 14.7. The van der Waals surface area contributed by atoms with Crippen LogP contribution in [0.15, 0.2) is 0 Å². The molecule has 3 saturated heterocycles. The van der Waals surface area contributed by atoms with E-state index in [2.05, 4.69) is 17.6 Å². The molecule has 3 heterocycles. The van der Waals surface area contributed by atoms with E-state index in [0.717, 1.165) is 19.3 Å². The van der Waals surface area contributed by atoms with E-state index in [-0.39, 0.29) is 30.2 Å². The number of amides is 3. The summed E-state index contributed by atoms with van der Waals surface area (Å²) in [6.45, 7) is 10.7. The highest BCUT2D eigenvalue weighted by molar-refractivity contribution is 5.99. The monoisotopic (exact) mass is 437 g/mol. The average Bonchev–Trinajstić information content (AvgIpc) is 3.25. The van der Waals surface area contributed by atoms with Gasteiger partial charge in [0.25, 0.3) is 0 Å². The standard InChI is InChI=1S/C23H39N3O5/c1-6-9-11-25-20(29)18-23-12-14(4)22(5,31-23)16(19(28)24-10-7-2)17(23)21(30)26(18)15(8-3)13-27/h14-18,27H,6-13H2,1-5H3,(H,24,28)(H,25,29)/t14?,15-,16+,17-,18?,22-,23?/m0/s1. The molecule has 3 fully saturated rings. The zero-order valence-electron chi connectivity index (χ0n) is 19.6. The van der Waals surface area contributed by atoms with Crippen molar-refractivity contribution in [1.82, 2.24) is 15.5 Å². The third kappa shape index (κ3) is 3.55. The molecule has 3 unspecified atom stereocenters. The molecule has 3 aliphatic heterocycles. The van der Waals surface area contributed by atoms with Gasteiger partial charge in [-0.25, -0.2) is 0 Å². The normalized spacial score (nSPS) is 37.1. The van der Waals surface area contributed by atoms with Gasteiger partial charge in [0.1, 0.15) is 11.6 Å². The largest absolute Gasteiger partial charge is 0.394 e. The minimum Gasteiger partial charge on any atom is -0.394 e. The molecule has 8 nitrogen and oxygen atoms in total. The quantitative estimate of drug-likeness (QED) is 0.445. The second kappa shape index (κ2) is 9.06. The first-order valence-corrected chi connectivity index (χ1v) is 11.9. The van der Waals surface area contributed by atoms with Gasteiger partial charge in [-0.1, -0.05) is 34.1 Å². The summed E-state index contributed by atoms with van der Waals surface area (Å²) in [5.41, 5.74) is -1.84. The first kappa shape index (κ1) is 24.0. The van der Waals surface area contributed by atoms with Crippen LogP contribution in [0.4, 0.5) is 0 Å². The van der Waals surface area contributed by atoms with E-state index in [9.17, 15) is 19.5 Å². The molecule has 0 aliphatic carbocycles. The van der Waals surface area contributed by atoms with Crippen molar-refractivity contribution in [3.8, 4) is 0 Å². The third-order valence-electron chi connectivity index (χ3n) is 7.74. The van der Waals surface area contributed by atoms with Crippen molar-refractivity contribution in [3.05, 3.63) is 0 Å². The zero-order chi connectivity index (χ0) is 23.0. The molecule has 8 heteroatoms.